The molecule has 0 saturated carbocycles. The van der Waals surface area contributed by atoms with E-state index in [0.29, 0.717) is 30.8 Å². The SMILES string of the molecule is CCNC(=NCc1ccccc1OC)NCc1nc(C)no1.I. The quantitative estimate of drug-likeness (QED) is 0.415. The minimum atomic E-state index is 0. The van der Waals surface area contributed by atoms with Gasteiger partial charge in [-0.3, -0.25) is 0 Å². The third-order valence-corrected chi connectivity index (χ3v) is 2.92. The molecule has 0 unspecified atom stereocenters. The first kappa shape index (κ1) is 19.2. The summed E-state index contributed by atoms with van der Waals surface area (Å²) in [5, 5.41) is 10.1. The number of nitrogens with one attached hydrogen (secondary N) is 2. The number of para-hydroxylation sites is 1. The Bertz CT molecular complexity index is 630. The van der Waals surface area contributed by atoms with Crippen molar-refractivity contribution in [3.05, 3.63) is 41.5 Å². The van der Waals surface area contributed by atoms with Crippen LogP contribution in [0.5, 0.6) is 5.75 Å². The number of aromatic nitrogens is 2. The number of halogens is 1. The standard InChI is InChI=1S/C15H21N5O2.HI/c1-4-16-15(18-10-14-19-11(2)20-22-14)17-9-12-7-5-6-8-13(12)21-3;/h5-8H,4,9-10H2,1-3H3,(H2,16,17,18);1H. The maximum absolute atomic E-state index is 5.33. The minimum absolute atomic E-state index is 0. The zero-order chi connectivity index (χ0) is 15.8. The van der Waals surface area contributed by atoms with E-state index in [9.17, 15) is 0 Å². The Morgan fingerprint density at radius 3 is 2.74 bits per heavy atom. The van der Waals surface area contributed by atoms with E-state index in [1.165, 1.54) is 0 Å². The van der Waals surface area contributed by atoms with Crippen molar-refractivity contribution < 1.29 is 9.26 Å². The van der Waals surface area contributed by atoms with Crippen molar-refractivity contribution in [2.24, 2.45) is 4.99 Å². The summed E-state index contributed by atoms with van der Waals surface area (Å²) >= 11 is 0. The molecule has 1 heterocycles. The smallest absolute Gasteiger partial charge is 0.246 e. The molecule has 0 atom stereocenters. The molecule has 0 saturated heterocycles. The van der Waals surface area contributed by atoms with E-state index in [0.717, 1.165) is 17.9 Å². The van der Waals surface area contributed by atoms with Gasteiger partial charge in [0.15, 0.2) is 11.8 Å². The first-order valence-electron chi connectivity index (χ1n) is 7.16. The minimum Gasteiger partial charge on any atom is -0.496 e. The summed E-state index contributed by atoms with van der Waals surface area (Å²) in [5.74, 6) is 2.66. The fourth-order valence-electron chi connectivity index (χ4n) is 1.91. The normalized spacial score (nSPS) is 10.8. The zero-order valence-corrected chi connectivity index (χ0v) is 15.8. The summed E-state index contributed by atoms with van der Waals surface area (Å²) in [6.45, 7) is 5.51. The molecule has 0 fully saturated rings. The van der Waals surface area contributed by atoms with E-state index in [1.807, 2.05) is 31.2 Å². The number of benzene rings is 1. The molecule has 0 amide bonds. The lowest BCUT2D eigenvalue weighted by Gasteiger charge is -2.10. The van der Waals surface area contributed by atoms with Crippen molar-refractivity contribution in [3.8, 4) is 5.75 Å². The van der Waals surface area contributed by atoms with E-state index in [-0.39, 0.29) is 24.0 Å². The fraction of sp³-hybridized carbons (Fsp3) is 0.400. The maximum Gasteiger partial charge on any atom is 0.246 e. The monoisotopic (exact) mass is 431 g/mol. The van der Waals surface area contributed by atoms with Crippen molar-refractivity contribution in [1.29, 1.82) is 0 Å². The van der Waals surface area contributed by atoms with Crippen LogP contribution in [-0.4, -0.2) is 29.8 Å². The van der Waals surface area contributed by atoms with Crippen molar-refractivity contribution >= 4 is 29.9 Å². The molecule has 8 heteroatoms. The van der Waals surface area contributed by atoms with Crippen molar-refractivity contribution in [2.75, 3.05) is 13.7 Å². The Labute approximate surface area is 152 Å². The van der Waals surface area contributed by atoms with Crippen LogP contribution in [0.1, 0.15) is 24.2 Å². The van der Waals surface area contributed by atoms with Crippen molar-refractivity contribution in [1.82, 2.24) is 20.8 Å². The van der Waals surface area contributed by atoms with Gasteiger partial charge in [-0.1, -0.05) is 23.4 Å². The summed E-state index contributed by atoms with van der Waals surface area (Å²) in [7, 11) is 1.66. The molecule has 0 bridgehead atoms. The third kappa shape index (κ3) is 6.05. The van der Waals surface area contributed by atoms with Crippen LogP contribution in [0.3, 0.4) is 0 Å². The molecule has 2 N–H and O–H groups in total. The Morgan fingerprint density at radius 1 is 1.30 bits per heavy atom. The summed E-state index contributed by atoms with van der Waals surface area (Å²) in [5.41, 5.74) is 1.02. The van der Waals surface area contributed by atoms with Gasteiger partial charge in [0.05, 0.1) is 20.2 Å². The molecule has 1 aromatic carbocycles. The van der Waals surface area contributed by atoms with Crippen LogP contribution in [0, 0.1) is 6.92 Å². The Balaban J connectivity index is 0.00000264. The van der Waals surface area contributed by atoms with Crippen LogP contribution >= 0.6 is 24.0 Å². The average Bonchev–Trinajstić information content (AvgIpc) is 2.96. The molecule has 0 aliphatic rings. The number of methoxy groups -OCH3 is 1. The second-order valence-electron chi connectivity index (χ2n) is 4.60. The summed E-state index contributed by atoms with van der Waals surface area (Å²) in [6.07, 6.45) is 0. The molecular formula is C15H22IN5O2. The van der Waals surface area contributed by atoms with Gasteiger partial charge in [-0.2, -0.15) is 4.98 Å². The predicted octanol–water partition coefficient (Wildman–Crippen LogP) is 2.26. The summed E-state index contributed by atoms with van der Waals surface area (Å²) in [6, 6.07) is 7.82. The van der Waals surface area contributed by atoms with Crippen LogP contribution < -0.4 is 15.4 Å². The lowest BCUT2D eigenvalue weighted by molar-refractivity contribution is 0.371. The Hall–Kier alpha value is -1.84. The topological polar surface area (TPSA) is 84.6 Å². The van der Waals surface area contributed by atoms with Gasteiger partial charge in [-0.25, -0.2) is 4.99 Å². The van der Waals surface area contributed by atoms with Gasteiger partial charge in [0, 0.05) is 12.1 Å². The molecule has 0 radical (unpaired) electrons. The first-order valence-corrected chi connectivity index (χ1v) is 7.16. The van der Waals surface area contributed by atoms with Gasteiger partial charge in [0.1, 0.15) is 5.75 Å². The van der Waals surface area contributed by atoms with Crippen LogP contribution in [0.15, 0.2) is 33.8 Å². The van der Waals surface area contributed by atoms with Crippen LogP contribution in [0.2, 0.25) is 0 Å². The largest absolute Gasteiger partial charge is 0.496 e. The second-order valence-corrected chi connectivity index (χ2v) is 4.60. The van der Waals surface area contributed by atoms with Gasteiger partial charge in [0.2, 0.25) is 5.89 Å². The summed E-state index contributed by atoms with van der Waals surface area (Å²) in [4.78, 5) is 8.68. The van der Waals surface area contributed by atoms with Crippen LogP contribution in [0.25, 0.3) is 0 Å². The molecule has 126 valence electrons. The molecule has 0 aliphatic carbocycles. The lowest BCUT2D eigenvalue weighted by Crippen LogP contribution is -2.36. The number of hydrogen-bond acceptors (Lipinski definition) is 5. The van der Waals surface area contributed by atoms with E-state index in [4.69, 9.17) is 9.26 Å². The molecule has 1 aromatic heterocycles. The Kier molecular flexibility index (Phi) is 8.38. The van der Waals surface area contributed by atoms with Gasteiger partial charge < -0.3 is 19.9 Å². The van der Waals surface area contributed by atoms with Crippen molar-refractivity contribution in [2.45, 2.75) is 26.9 Å². The first-order chi connectivity index (χ1) is 10.7. The summed E-state index contributed by atoms with van der Waals surface area (Å²) < 4.78 is 10.4. The zero-order valence-electron chi connectivity index (χ0n) is 13.5. The Morgan fingerprint density at radius 2 is 2.09 bits per heavy atom. The average molecular weight is 431 g/mol. The maximum atomic E-state index is 5.33. The molecule has 2 rings (SSSR count). The number of ether oxygens (including phenoxy) is 1. The highest BCUT2D eigenvalue weighted by molar-refractivity contribution is 14.0. The number of guanidine groups is 1. The highest BCUT2D eigenvalue weighted by atomic mass is 127. The van der Waals surface area contributed by atoms with Gasteiger partial charge in [0.25, 0.3) is 0 Å². The molecule has 7 nitrogen and oxygen atoms in total. The highest BCUT2D eigenvalue weighted by Gasteiger charge is 2.05. The molecule has 2 aromatic rings. The molecule has 23 heavy (non-hydrogen) atoms. The van der Waals surface area contributed by atoms with Gasteiger partial charge >= 0.3 is 0 Å². The van der Waals surface area contributed by atoms with E-state index < -0.39 is 0 Å². The number of hydrogen-bond donors (Lipinski definition) is 2. The van der Waals surface area contributed by atoms with Crippen LogP contribution in [0.4, 0.5) is 0 Å². The van der Waals surface area contributed by atoms with E-state index >= 15 is 0 Å². The van der Waals surface area contributed by atoms with Gasteiger partial charge in [-0.05, 0) is 19.9 Å². The van der Waals surface area contributed by atoms with E-state index in [2.05, 4.69) is 25.8 Å². The lowest BCUT2D eigenvalue weighted by atomic mass is 10.2. The van der Waals surface area contributed by atoms with Gasteiger partial charge in [-0.15, -0.1) is 24.0 Å². The molecule has 0 aliphatic heterocycles. The third-order valence-electron chi connectivity index (χ3n) is 2.92. The number of aryl methyl sites for hydroxylation is 1. The molecule has 0 spiro atoms. The second kappa shape index (κ2) is 10.0. The fourth-order valence-corrected chi connectivity index (χ4v) is 1.91. The molecular weight excluding hydrogens is 409 g/mol. The predicted molar refractivity (Wildman–Crippen MR) is 99.1 cm³/mol. The van der Waals surface area contributed by atoms with E-state index in [1.54, 1.807) is 14.0 Å². The number of nitrogens with zero attached hydrogens (tertiary/aromatic N) is 3. The van der Waals surface area contributed by atoms with Crippen LogP contribution in [-0.2, 0) is 13.1 Å². The number of aliphatic imine (C=N–C) groups is 1. The number of rotatable bonds is 6. The van der Waals surface area contributed by atoms with Crippen molar-refractivity contribution in [3.63, 3.8) is 0 Å². The highest BCUT2D eigenvalue weighted by Crippen LogP contribution is 2.17.